The molecule has 2 aromatic rings. The van der Waals surface area contributed by atoms with Crippen LogP contribution in [0.3, 0.4) is 0 Å². The standard InChI is InChI=1S/C24H31ClN2O2/c1-5-6-11-26-24(29)19(4)27(16-20-7-9-22(25)10-8-20)23(28)15-21-13-17(2)12-18(3)14-21/h7-10,12-14,19H,5-6,11,15-16H2,1-4H3,(H,26,29)/t19-/m0/s1. The monoisotopic (exact) mass is 414 g/mol. The summed E-state index contributed by atoms with van der Waals surface area (Å²) in [5.74, 6) is -0.190. The number of nitrogens with zero attached hydrogens (tertiary/aromatic N) is 1. The van der Waals surface area contributed by atoms with Crippen LogP contribution in [0.1, 0.15) is 48.9 Å². The number of amides is 2. The predicted octanol–water partition coefficient (Wildman–Crippen LogP) is 4.83. The number of aryl methyl sites for hydroxylation is 2. The number of rotatable bonds is 9. The maximum absolute atomic E-state index is 13.2. The molecule has 0 aromatic heterocycles. The van der Waals surface area contributed by atoms with E-state index in [1.54, 1.807) is 24.0 Å². The fourth-order valence-corrected chi connectivity index (χ4v) is 3.48. The number of benzene rings is 2. The average molecular weight is 415 g/mol. The molecule has 0 saturated heterocycles. The van der Waals surface area contributed by atoms with Crippen LogP contribution in [0, 0.1) is 13.8 Å². The molecule has 5 heteroatoms. The molecule has 1 atom stereocenters. The molecule has 0 unspecified atom stereocenters. The van der Waals surface area contributed by atoms with E-state index in [-0.39, 0.29) is 18.2 Å². The molecule has 2 amide bonds. The zero-order valence-corrected chi connectivity index (χ0v) is 18.6. The molecule has 0 aliphatic rings. The quantitative estimate of drug-likeness (QED) is 0.597. The van der Waals surface area contributed by atoms with E-state index in [0.717, 1.165) is 35.1 Å². The number of unbranched alkanes of at least 4 members (excludes halogenated alkanes) is 1. The maximum atomic E-state index is 13.2. The predicted molar refractivity (Wildman–Crippen MR) is 119 cm³/mol. The van der Waals surface area contributed by atoms with Gasteiger partial charge in [0.05, 0.1) is 6.42 Å². The lowest BCUT2D eigenvalue weighted by Crippen LogP contribution is -2.48. The van der Waals surface area contributed by atoms with E-state index >= 15 is 0 Å². The Balaban J connectivity index is 2.20. The van der Waals surface area contributed by atoms with Gasteiger partial charge in [0, 0.05) is 18.1 Å². The highest BCUT2D eigenvalue weighted by Crippen LogP contribution is 2.16. The highest BCUT2D eigenvalue weighted by molar-refractivity contribution is 6.30. The smallest absolute Gasteiger partial charge is 0.242 e. The van der Waals surface area contributed by atoms with Gasteiger partial charge in [-0.2, -0.15) is 0 Å². The molecule has 0 aliphatic carbocycles. The van der Waals surface area contributed by atoms with Crippen LogP contribution in [0.25, 0.3) is 0 Å². The van der Waals surface area contributed by atoms with Crippen LogP contribution in [0.2, 0.25) is 5.02 Å². The van der Waals surface area contributed by atoms with Gasteiger partial charge in [0.2, 0.25) is 11.8 Å². The second-order valence-corrected chi connectivity index (χ2v) is 8.08. The summed E-state index contributed by atoms with van der Waals surface area (Å²) in [4.78, 5) is 27.5. The molecule has 0 fully saturated rings. The highest BCUT2D eigenvalue weighted by Gasteiger charge is 2.26. The van der Waals surface area contributed by atoms with E-state index < -0.39 is 6.04 Å². The first-order valence-corrected chi connectivity index (χ1v) is 10.6. The molecule has 0 heterocycles. The van der Waals surface area contributed by atoms with Gasteiger partial charge in [-0.1, -0.05) is 66.4 Å². The first-order chi connectivity index (χ1) is 13.8. The average Bonchev–Trinajstić information content (AvgIpc) is 2.66. The summed E-state index contributed by atoms with van der Waals surface area (Å²) in [6.07, 6.45) is 2.20. The number of hydrogen-bond donors (Lipinski definition) is 1. The molecule has 2 rings (SSSR count). The van der Waals surface area contributed by atoms with Crippen LogP contribution in [-0.4, -0.2) is 29.3 Å². The van der Waals surface area contributed by atoms with Crippen LogP contribution < -0.4 is 5.32 Å². The number of carbonyl (C=O) groups excluding carboxylic acids is 2. The number of halogens is 1. The van der Waals surface area contributed by atoms with Gasteiger partial charge < -0.3 is 10.2 Å². The Labute approximate surface area is 179 Å². The third-order valence-electron chi connectivity index (χ3n) is 4.90. The van der Waals surface area contributed by atoms with Crippen molar-refractivity contribution in [2.45, 2.75) is 59.5 Å². The zero-order valence-electron chi connectivity index (χ0n) is 17.8. The molecule has 2 aromatic carbocycles. The van der Waals surface area contributed by atoms with Crippen molar-refractivity contribution in [3.05, 3.63) is 69.7 Å². The summed E-state index contributed by atoms with van der Waals surface area (Å²) in [5, 5.41) is 3.59. The summed E-state index contributed by atoms with van der Waals surface area (Å²) < 4.78 is 0. The molecule has 0 aliphatic heterocycles. The third-order valence-corrected chi connectivity index (χ3v) is 5.15. The van der Waals surface area contributed by atoms with Gasteiger partial charge in [-0.05, 0) is 50.5 Å². The molecular formula is C24H31ClN2O2. The van der Waals surface area contributed by atoms with Crippen molar-refractivity contribution in [2.75, 3.05) is 6.54 Å². The van der Waals surface area contributed by atoms with Crippen molar-refractivity contribution in [1.82, 2.24) is 10.2 Å². The minimum absolute atomic E-state index is 0.0666. The SMILES string of the molecule is CCCCNC(=O)[C@H](C)N(Cc1ccc(Cl)cc1)C(=O)Cc1cc(C)cc(C)c1. The van der Waals surface area contributed by atoms with Gasteiger partial charge in [0.25, 0.3) is 0 Å². The number of carbonyl (C=O) groups is 2. The highest BCUT2D eigenvalue weighted by atomic mass is 35.5. The second kappa shape index (κ2) is 11.0. The van der Waals surface area contributed by atoms with Crippen molar-refractivity contribution in [2.24, 2.45) is 0 Å². The summed E-state index contributed by atoms with van der Waals surface area (Å²) in [5.41, 5.74) is 4.16. The third kappa shape index (κ3) is 7.21. The number of hydrogen-bond acceptors (Lipinski definition) is 2. The lowest BCUT2D eigenvalue weighted by molar-refractivity contribution is -0.140. The Morgan fingerprint density at radius 1 is 1.03 bits per heavy atom. The first-order valence-electron chi connectivity index (χ1n) is 10.2. The molecule has 0 radical (unpaired) electrons. The molecule has 1 N–H and O–H groups in total. The first kappa shape index (κ1) is 23.0. The Hall–Kier alpha value is -2.33. The fraction of sp³-hybridized carbons (Fsp3) is 0.417. The Bertz CT molecular complexity index is 813. The minimum atomic E-state index is -0.555. The van der Waals surface area contributed by atoms with Gasteiger partial charge in [0.15, 0.2) is 0 Å². The Morgan fingerprint density at radius 2 is 1.66 bits per heavy atom. The Morgan fingerprint density at radius 3 is 2.24 bits per heavy atom. The summed E-state index contributed by atoms with van der Waals surface area (Å²) >= 11 is 5.99. The fourth-order valence-electron chi connectivity index (χ4n) is 3.35. The van der Waals surface area contributed by atoms with Gasteiger partial charge in [-0.3, -0.25) is 9.59 Å². The van der Waals surface area contributed by atoms with Gasteiger partial charge in [-0.25, -0.2) is 0 Å². The van der Waals surface area contributed by atoms with Crippen LogP contribution >= 0.6 is 11.6 Å². The van der Waals surface area contributed by atoms with E-state index in [2.05, 4.69) is 18.3 Å². The maximum Gasteiger partial charge on any atom is 0.242 e. The topological polar surface area (TPSA) is 49.4 Å². The van der Waals surface area contributed by atoms with Gasteiger partial charge in [-0.15, -0.1) is 0 Å². The van der Waals surface area contributed by atoms with Crippen molar-refractivity contribution in [3.8, 4) is 0 Å². The van der Waals surface area contributed by atoms with Gasteiger partial charge >= 0.3 is 0 Å². The van der Waals surface area contributed by atoms with Crippen molar-refractivity contribution in [1.29, 1.82) is 0 Å². The molecule has 0 bridgehead atoms. The molecule has 0 saturated carbocycles. The molecule has 29 heavy (non-hydrogen) atoms. The minimum Gasteiger partial charge on any atom is -0.354 e. The van der Waals surface area contributed by atoms with Crippen molar-refractivity contribution >= 4 is 23.4 Å². The van der Waals surface area contributed by atoms with E-state index in [1.807, 2.05) is 38.1 Å². The van der Waals surface area contributed by atoms with Gasteiger partial charge in [0.1, 0.15) is 6.04 Å². The van der Waals surface area contributed by atoms with E-state index in [1.165, 1.54) is 0 Å². The normalized spacial score (nSPS) is 11.8. The van der Waals surface area contributed by atoms with Crippen molar-refractivity contribution < 1.29 is 9.59 Å². The molecule has 156 valence electrons. The summed E-state index contributed by atoms with van der Waals surface area (Å²) in [7, 11) is 0. The van der Waals surface area contributed by atoms with E-state index in [9.17, 15) is 9.59 Å². The molecular weight excluding hydrogens is 384 g/mol. The van der Waals surface area contributed by atoms with Crippen LogP contribution in [0.4, 0.5) is 0 Å². The lowest BCUT2D eigenvalue weighted by Gasteiger charge is -2.29. The molecule has 4 nitrogen and oxygen atoms in total. The second-order valence-electron chi connectivity index (χ2n) is 7.64. The Kier molecular flexibility index (Phi) is 8.71. The molecule has 0 spiro atoms. The largest absolute Gasteiger partial charge is 0.354 e. The summed E-state index contributed by atoms with van der Waals surface area (Å²) in [6, 6.07) is 13.0. The zero-order chi connectivity index (χ0) is 21.4. The van der Waals surface area contributed by atoms with Crippen LogP contribution in [-0.2, 0) is 22.6 Å². The van der Waals surface area contributed by atoms with Crippen LogP contribution in [0.15, 0.2) is 42.5 Å². The lowest BCUT2D eigenvalue weighted by atomic mass is 10.0. The summed E-state index contributed by atoms with van der Waals surface area (Å²) in [6.45, 7) is 8.90. The number of nitrogens with one attached hydrogen (secondary N) is 1. The van der Waals surface area contributed by atoms with Crippen LogP contribution in [0.5, 0.6) is 0 Å². The van der Waals surface area contributed by atoms with E-state index in [4.69, 9.17) is 11.6 Å². The van der Waals surface area contributed by atoms with E-state index in [0.29, 0.717) is 18.1 Å². The van der Waals surface area contributed by atoms with Crippen molar-refractivity contribution in [3.63, 3.8) is 0 Å².